The first-order valence-electron chi connectivity index (χ1n) is 17.4. The van der Waals surface area contributed by atoms with Crippen molar-refractivity contribution in [2.24, 2.45) is 0 Å². The fraction of sp³-hybridized carbons (Fsp3) is 0. The van der Waals surface area contributed by atoms with Gasteiger partial charge in [0.15, 0.2) is 23.0 Å². The molecular formula is C48H28O4. The summed E-state index contributed by atoms with van der Waals surface area (Å²) in [5.74, 6) is 3.04. The van der Waals surface area contributed by atoms with Crippen LogP contribution in [0.3, 0.4) is 0 Å². The Morgan fingerprint density at radius 1 is 0.192 bits per heavy atom. The largest absolute Gasteiger partial charge is 0.453 e. The molecule has 0 aliphatic heterocycles. The van der Waals surface area contributed by atoms with Gasteiger partial charge in [-0.15, -0.1) is 0 Å². The van der Waals surface area contributed by atoms with E-state index in [-0.39, 0.29) is 0 Å². The summed E-state index contributed by atoms with van der Waals surface area (Å²) >= 11 is 0. The van der Waals surface area contributed by atoms with Crippen molar-refractivity contribution in [1.29, 1.82) is 0 Å². The Kier molecular flexibility index (Phi) is 6.22. The Labute approximate surface area is 296 Å². The highest BCUT2D eigenvalue weighted by Crippen LogP contribution is 2.37. The van der Waals surface area contributed by atoms with Crippen LogP contribution in [0.1, 0.15) is 0 Å². The second kappa shape index (κ2) is 11.2. The van der Waals surface area contributed by atoms with E-state index in [0.717, 1.165) is 66.9 Å². The molecule has 0 N–H and O–H groups in total. The molecule has 4 aromatic heterocycles. The normalized spacial score (nSPS) is 11.8. The average molecular weight is 669 g/mol. The average Bonchev–Trinajstić information content (AvgIpc) is 3.98. The third-order valence-electron chi connectivity index (χ3n) is 10.0. The Morgan fingerprint density at radius 3 is 0.596 bits per heavy atom. The van der Waals surface area contributed by atoms with Crippen molar-refractivity contribution in [3.8, 4) is 23.0 Å². The van der Waals surface area contributed by atoms with Crippen molar-refractivity contribution >= 4 is 87.0 Å². The van der Waals surface area contributed by atoms with E-state index in [9.17, 15) is 0 Å². The molecular weight excluding hydrogens is 641 g/mol. The number of furan rings is 4. The van der Waals surface area contributed by atoms with Gasteiger partial charge in [-0.25, -0.2) is 0 Å². The second-order valence-electron chi connectivity index (χ2n) is 13.4. The molecule has 4 heteroatoms. The first-order valence-corrected chi connectivity index (χ1v) is 17.4. The zero-order valence-corrected chi connectivity index (χ0v) is 27.8. The molecule has 0 atom stereocenters. The van der Waals surface area contributed by atoms with Crippen molar-refractivity contribution in [3.63, 3.8) is 0 Å². The fourth-order valence-corrected chi connectivity index (χ4v) is 7.40. The molecule has 12 rings (SSSR count). The number of rotatable bonds is 2. The van der Waals surface area contributed by atoms with E-state index in [1.54, 1.807) is 0 Å². The highest BCUT2D eigenvalue weighted by atomic mass is 16.4. The minimum Gasteiger partial charge on any atom is -0.453 e. The van der Waals surface area contributed by atoms with Gasteiger partial charge in [-0.05, 0) is 116 Å². The Hall–Kier alpha value is -7.04. The van der Waals surface area contributed by atoms with E-state index in [2.05, 4.69) is 146 Å². The summed E-state index contributed by atoms with van der Waals surface area (Å²) in [6.45, 7) is 0. The molecule has 0 saturated heterocycles. The summed E-state index contributed by atoms with van der Waals surface area (Å²) in [7, 11) is 0. The third-order valence-corrected chi connectivity index (χ3v) is 10.0. The van der Waals surface area contributed by atoms with E-state index in [1.165, 1.54) is 43.1 Å². The van der Waals surface area contributed by atoms with Gasteiger partial charge < -0.3 is 17.7 Å². The Morgan fingerprint density at radius 2 is 0.385 bits per heavy atom. The van der Waals surface area contributed by atoms with Gasteiger partial charge in [-0.1, -0.05) is 97.1 Å². The first-order chi connectivity index (χ1) is 25.7. The van der Waals surface area contributed by atoms with Crippen LogP contribution in [-0.4, -0.2) is 0 Å². The fourth-order valence-electron chi connectivity index (χ4n) is 7.40. The van der Waals surface area contributed by atoms with E-state index in [1.807, 2.05) is 24.3 Å². The number of hydrogen-bond donors (Lipinski definition) is 0. The molecule has 0 fully saturated rings. The lowest BCUT2D eigenvalue weighted by molar-refractivity contribution is 0.569. The number of hydrogen-bond acceptors (Lipinski definition) is 4. The van der Waals surface area contributed by atoms with Crippen LogP contribution < -0.4 is 0 Å². The molecule has 244 valence electrons. The molecule has 0 radical (unpaired) electrons. The van der Waals surface area contributed by atoms with Crippen molar-refractivity contribution in [2.75, 3.05) is 0 Å². The van der Waals surface area contributed by atoms with Crippen LogP contribution in [0, 0.1) is 0 Å². The van der Waals surface area contributed by atoms with Crippen molar-refractivity contribution in [1.82, 2.24) is 0 Å². The van der Waals surface area contributed by atoms with Crippen molar-refractivity contribution < 1.29 is 17.7 Å². The molecule has 0 aliphatic carbocycles. The van der Waals surface area contributed by atoms with Gasteiger partial charge in [-0.3, -0.25) is 0 Å². The van der Waals surface area contributed by atoms with Gasteiger partial charge in [0.1, 0.15) is 22.3 Å². The van der Waals surface area contributed by atoms with Crippen LogP contribution in [0.15, 0.2) is 188 Å². The van der Waals surface area contributed by atoms with Crippen molar-refractivity contribution in [2.45, 2.75) is 0 Å². The molecule has 4 heterocycles. The number of fused-ring (bicyclic) bond motifs is 8. The lowest BCUT2D eigenvalue weighted by Crippen LogP contribution is -1.70. The van der Waals surface area contributed by atoms with Crippen LogP contribution >= 0.6 is 0 Å². The van der Waals surface area contributed by atoms with E-state index in [0.29, 0.717) is 0 Å². The van der Waals surface area contributed by atoms with Crippen LogP contribution in [0.2, 0.25) is 0 Å². The summed E-state index contributed by atoms with van der Waals surface area (Å²) in [5.41, 5.74) is 3.52. The molecule has 0 spiro atoms. The second-order valence-corrected chi connectivity index (χ2v) is 13.4. The van der Waals surface area contributed by atoms with E-state index in [4.69, 9.17) is 17.7 Å². The third kappa shape index (κ3) is 4.84. The summed E-state index contributed by atoms with van der Waals surface area (Å²) in [6.07, 6.45) is 0. The van der Waals surface area contributed by atoms with Crippen LogP contribution in [0.5, 0.6) is 0 Å². The topological polar surface area (TPSA) is 52.6 Å². The molecule has 0 amide bonds. The van der Waals surface area contributed by atoms with Crippen LogP contribution in [0.4, 0.5) is 0 Å². The van der Waals surface area contributed by atoms with E-state index < -0.39 is 0 Å². The van der Waals surface area contributed by atoms with Gasteiger partial charge in [0.2, 0.25) is 0 Å². The molecule has 8 aromatic carbocycles. The number of benzene rings is 8. The molecule has 0 saturated carbocycles. The molecule has 0 aliphatic rings. The monoisotopic (exact) mass is 668 g/mol. The van der Waals surface area contributed by atoms with Crippen molar-refractivity contribution in [3.05, 3.63) is 170 Å². The molecule has 0 unspecified atom stereocenters. The Bertz CT molecular complexity index is 2660. The molecule has 0 bridgehead atoms. The molecule has 12 aromatic rings. The van der Waals surface area contributed by atoms with Crippen LogP contribution in [-0.2, 0) is 0 Å². The van der Waals surface area contributed by atoms with Gasteiger partial charge in [0.25, 0.3) is 0 Å². The first kappa shape index (κ1) is 28.8. The summed E-state index contributed by atoms with van der Waals surface area (Å²) < 4.78 is 24.4. The zero-order valence-electron chi connectivity index (χ0n) is 27.8. The highest BCUT2D eigenvalue weighted by Gasteiger charge is 2.15. The van der Waals surface area contributed by atoms with Crippen LogP contribution in [0.25, 0.3) is 110 Å². The maximum Gasteiger partial charge on any atom is 0.170 e. The summed E-state index contributed by atoms with van der Waals surface area (Å²) in [4.78, 5) is 0. The quantitative estimate of drug-likeness (QED) is 0.184. The van der Waals surface area contributed by atoms with Gasteiger partial charge >= 0.3 is 0 Å². The standard InChI is InChI=1S/2C24H14O2/c2*1-3-7-17-11-21-19(9-15(17)5-1)13-23(25-21)24-14-20-10-16-6-2-4-8-18(16)12-22(20)26-24/h2*1-14H. The summed E-state index contributed by atoms with van der Waals surface area (Å²) in [5, 5.41) is 13.9. The minimum absolute atomic E-state index is 0.760. The maximum absolute atomic E-state index is 6.10. The van der Waals surface area contributed by atoms with E-state index >= 15 is 0 Å². The maximum atomic E-state index is 6.10. The molecule has 52 heavy (non-hydrogen) atoms. The van der Waals surface area contributed by atoms with Gasteiger partial charge in [0, 0.05) is 21.5 Å². The predicted molar refractivity (Wildman–Crippen MR) is 213 cm³/mol. The minimum atomic E-state index is 0.760. The van der Waals surface area contributed by atoms with Gasteiger partial charge in [-0.2, -0.15) is 0 Å². The summed E-state index contributed by atoms with van der Waals surface area (Å²) in [6, 6.07) is 58.5. The lowest BCUT2D eigenvalue weighted by atomic mass is 10.1. The predicted octanol–water partition coefficient (Wildman–Crippen LogP) is 14.3. The highest BCUT2D eigenvalue weighted by molar-refractivity contribution is 6.01. The SMILES string of the molecule is c1ccc2cc3oc(-c4cc5cc6ccccc6cc5o4)cc3cc2c1.c1ccc2cc3oc(-c4cc5cc6ccccc6cc5o4)cc3cc2c1. The Balaban J connectivity index is 0.000000123. The molecule has 4 nitrogen and oxygen atoms in total. The smallest absolute Gasteiger partial charge is 0.170 e. The van der Waals surface area contributed by atoms with Gasteiger partial charge in [0.05, 0.1) is 0 Å². The zero-order chi connectivity index (χ0) is 34.2. The lowest BCUT2D eigenvalue weighted by Gasteiger charge is -1.96.